The molecule has 0 aliphatic heterocycles. The molecule has 0 spiro atoms. The predicted octanol–water partition coefficient (Wildman–Crippen LogP) is 4.99. The number of halogens is 2. The molecule has 3 aromatic carbocycles. The zero-order chi connectivity index (χ0) is 21.3. The fourth-order valence-corrected chi connectivity index (χ4v) is 2.70. The van der Waals surface area contributed by atoms with Crippen LogP contribution in [0.4, 0.5) is 20.2 Å². The van der Waals surface area contributed by atoms with Crippen molar-refractivity contribution in [1.82, 2.24) is 0 Å². The van der Waals surface area contributed by atoms with Gasteiger partial charge in [-0.2, -0.15) is 0 Å². The lowest BCUT2D eigenvalue weighted by atomic mass is 10.2. The molecule has 2 N–H and O–H groups in total. The van der Waals surface area contributed by atoms with Gasteiger partial charge in [0, 0.05) is 17.9 Å². The SMILES string of the molecule is CCOc1cc(CNc2ccc(F)cc2)ccc1OCC(=O)Nc1ccc(F)cc1. The second-order valence-electron chi connectivity index (χ2n) is 6.42. The van der Waals surface area contributed by atoms with Gasteiger partial charge in [0.15, 0.2) is 18.1 Å². The lowest BCUT2D eigenvalue weighted by Gasteiger charge is -2.14. The summed E-state index contributed by atoms with van der Waals surface area (Å²) >= 11 is 0. The Bertz CT molecular complexity index is 977. The Labute approximate surface area is 173 Å². The fraction of sp³-hybridized carbons (Fsp3) is 0.174. The third kappa shape index (κ3) is 6.20. The maximum atomic E-state index is 13.0. The molecule has 0 atom stereocenters. The van der Waals surface area contributed by atoms with Gasteiger partial charge in [-0.3, -0.25) is 4.79 Å². The van der Waals surface area contributed by atoms with E-state index in [0.29, 0.717) is 30.3 Å². The van der Waals surface area contributed by atoms with Gasteiger partial charge in [-0.1, -0.05) is 6.07 Å². The number of rotatable bonds is 9. The van der Waals surface area contributed by atoms with Crippen LogP contribution in [0.2, 0.25) is 0 Å². The first-order valence-electron chi connectivity index (χ1n) is 9.47. The molecule has 0 radical (unpaired) electrons. The molecular formula is C23H22F2N2O3. The first-order chi connectivity index (χ1) is 14.5. The average molecular weight is 412 g/mol. The lowest BCUT2D eigenvalue weighted by Crippen LogP contribution is -2.20. The Morgan fingerprint density at radius 3 is 2.10 bits per heavy atom. The summed E-state index contributed by atoms with van der Waals surface area (Å²) < 4.78 is 37.2. The third-order valence-electron chi connectivity index (χ3n) is 4.14. The summed E-state index contributed by atoms with van der Waals surface area (Å²) in [6.45, 7) is 2.59. The molecule has 30 heavy (non-hydrogen) atoms. The van der Waals surface area contributed by atoms with E-state index in [9.17, 15) is 13.6 Å². The molecular weight excluding hydrogens is 390 g/mol. The van der Waals surface area contributed by atoms with Gasteiger partial charge in [0.25, 0.3) is 5.91 Å². The van der Waals surface area contributed by atoms with Gasteiger partial charge >= 0.3 is 0 Å². The monoisotopic (exact) mass is 412 g/mol. The molecule has 0 heterocycles. The van der Waals surface area contributed by atoms with E-state index in [1.807, 2.05) is 19.1 Å². The number of hydrogen-bond donors (Lipinski definition) is 2. The second kappa shape index (κ2) is 10.2. The van der Waals surface area contributed by atoms with E-state index in [1.54, 1.807) is 18.2 Å². The molecule has 0 aliphatic carbocycles. The van der Waals surface area contributed by atoms with Gasteiger partial charge in [-0.05, 0) is 73.2 Å². The van der Waals surface area contributed by atoms with E-state index in [4.69, 9.17) is 9.47 Å². The number of anilines is 2. The molecule has 0 aromatic heterocycles. The lowest BCUT2D eigenvalue weighted by molar-refractivity contribution is -0.118. The molecule has 5 nitrogen and oxygen atoms in total. The fourth-order valence-electron chi connectivity index (χ4n) is 2.70. The topological polar surface area (TPSA) is 59.6 Å². The standard InChI is InChI=1S/C23H22F2N2O3/c1-2-29-22-13-16(14-26-19-8-4-17(24)5-9-19)3-12-21(22)30-15-23(28)27-20-10-6-18(25)7-11-20/h3-13,26H,2,14-15H2,1H3,(H,27,28). The van der Waals surface area contributed by atoms with Gasteiger partial charge in [-0.15, -0.1) is 0 Å². The van der Waals surface area contributed by atoms with Gasteiger partial charge in [0.2, 0.25) is 0 Å². The summed E-state index contributed by atoms with van der Waals surface area (Å²) in [7, 11) is 0. The number of ether oxygens (including phenoxy) is 2. The molecule has 7 heteroatoms. The maximum Gasteiger partial charge on any atom is 0.262 e. The van der Waals surface area contributed by atoms with Crippen LogP contribution in [0.25, 0.3) is 0 Å². The van der Waals surface area contributed by atoms with E-state index >= 15 is 0 Å². The van der Waals surface area contributed by atoms with E-state index < -0.39 is 0 Å². The van der Waals surface area contributed by atoms with Crippen LogP contribution in [-0.2, 0) is 11.3 Å². The molecule has 3 aromatic rings. The van der Waals surface area contributed by atoms with Crippen molar-refractivity contribution in [3.8, 4) is 11.5 Å². The maximum absolute atomic E-state index is 13.0. The number of benzene rings is 3. The van der Waals surface area contributed by atoms with Crippen molar-refractivity contribution in [3.63, 3.8) is 0 Å². The minimum atomic E-state index is -0.375. The number of nitrogens with one attached hydrogen (secondary N) is 2. The van der Waals surface area contributed by atoms with Gasteiger partial charge in [-0.25, -0.2) is 8.78 Å². The van der Waals surface area contributed by atoms with Gasteiger partial charge < -0.3 is 20.1 Å². The zero-order valence-electron chi connectivity index (χ0n) is 16.5. The van der Waals surface area contributed by atoms with Gasteiger partial charge in [0.1, 0.15) is 11.6 Å². The van der Waals surface area contributed by atoms with Crippen LogP contribution in [0.1, 0.15) is 12.5 Å². The molecule has 1 amide bonds. The average Bonchev–Trinajstić information content (AvgIpc) is 2.74. The summed E-state index contributed by atoms with van der Waals surface area (Å²) in [5.74, 6) is -0.0722. The largest absolute Gasteiger partial charge is 0.490 e. The Hall–Kier alpha value is -3.61. The zero-order valence-corrected chi connectivity index (χ0v) is 16.5. The number of hydrogen-bond acceptors (Lipinski definition) is 4. The highest BCUT2D eigenvalue weighted by molar-refractivity contribution is 5.91. The van der Waals surface area contributed by atoms with Crippen LogP contribution in [0.15, 0.2) is 66.7 Å². The van der Waals surface area contributed by atoms with Crippen molar-refractivity contribution < 1.29 is 23.0 Å². The van der Waals surface area contributed by atoms with Crippen molar-refractivity contribution in [3.05, 3.63) is 83.9 Å². The van der Waals surface area contributed by atoms with E-state index in [-0.39, 0.29) is 24.1 Å². The molecule has 3 rings (SSSR count). The quantitative estimate of drug-likeness (QED) is 0.520. The number of carbonyl (C=O) groups is 1. The molecule has 156 valence electrons. The van der Waals surface area contributed by atoms with Crippen molar-refractivity contribution in [2.45, 2.75) is 13.5 Å². The van der Waals surface area contributed by atoms with Crippen molar-refractivity contribution in [2.75, 3.05) is 23.8 Å². The summed E-state index contributed by atoms with van der Waals surface area (Å²) in [5.41, 5.74) is 2.22. The van der Waals surface area contributed by atoms with Crippen LogP contribution in [-0.4, -0.2) is 19.1 Å². The highest BCUT2D eigenvalue weighted by atomic mass is 19.1. The molecule has 0 fully saturated rings. The summed E-state index contributed by atoms with van der Waals surface area (Å²) in [4.78, 5) is 12.1. The number of carbonyl (C=O) groups excluding carboxylic acids is 1. The van der Waals surface area contributed by atoms with Crippen LogP contribution in [0, 0.1) is 11.6 Å². The van der Waals surface area contributed by atoms with Crippen LogP contribution < -0.4 is 20.1 Å². The molecule has 0 aliphatic rings. The normalized spacial score (nSPS) is 10.4. The summed E-state index contributed by atoms with van der Waals surface area (Å²) in [5, 5.41) is 5.84. The highest BCUT2D eigenvalue weighted by Gasteiger charge is 2.10. The van der Waals surface area contributed by atoms with Crippen molar-refractivity contribution in [2.24, 2.45) is 0 Å². The van der Waals surface area contributed by atoms with Crippen LogP contribution in [0.3, 0.4) is 0 Å². The minimum Gasteiger partial charge on any atom is -0.490 e. The van der Waals surface area contributed by atoms with Gasteiger partial charge in [0.05, 0.1) is 6.61 Å². The third-order valence-corrected chi connectivity index (χ3v) is 4.14. The van der Waals surface area contributed by atoms with Crippen molar-refractivity contribution in [1.29, 1.82) is 0 Å². The molecule has 0 saturated heterocycles. The minimum absolute atomic E-state index is 0.218. The highest BCUT2D eigenvalue weighted by Crippen LogP contribution is 2.29. The first kappa shape index (κ1) is 21.1. The molecule has 0 bridgehead atoms. The van der Waals surface area contributed by atoms with E-state index in [2.05, 4.69) is 10.6 Å². The van der Waals surface area contributed by atoms with E-state index in [0.717, 1.165) is 11.3 Å². The smallest absolute Gasteiger partial charge is 0.262 e. The Kier molecular flexibility index (Phi) is 7.21. The van der Waals surface area contributed by atoms with Crippen LogP contribution in [0.5, 0.6) is 11.5 Å². The molecule has 0 saturated carbocycles. The Balaban J connectivity index is 1.59. The number of amides is 1. The van der Waals surface area contributed by atoms with Crippen molar-refractivity contribution >= 4 is 17.3 Å². The molecule has 0 unspecified atom stereocenters. The predicted molar refractivity (Wildman–Crippen MR) is 112 cm³/mol. The Morgan fingerprint density at radius 1 is 0.833 bits per heavy atom. The summed E-state index contributed by atoms with van der Waals surface area (Å²) in [6, 6.07) is 17.0. The van der Waals surface area contributed by atoms with Crippen LogP contribution >= 0.6 is 0 Å². The first-order valence-corrected chi connectivity index (χ1v) is 9.47. The summed E-state index contributed by atoms with van der Waals surface area (Å²) in [6.07, 6.45) is 0. The Morgan fingerprint density at radius 2 is 1.47 bits per heavy atom. The second-order valence-corrected chi connectivity index (χ2v) is 6.42. The van der Waals surface area contributed by atoms with E-state index in [1.165, 1.54) is 36.4 Å².